The zero-order valence-corrected chi connectivity index (χ0v) is 13.7. The van der Waals surface area contributed by atoms with Gasteiger partial charge >= 0.3 is 0 Å². The van der Waals surface area contributed by atoms with Gasteiger partial charge in [-0.2, -0.15) is 11.8 Å². The Labute approximate surface area is 125 Å². The van der Waals surface area contributed by atoms with Crippen molar-refractivity contribution in [1.29, 1.82) is 0 Å². The first-order valence-electron chi connectivity index (χ1n) is 6.93. The van der Waals surface area contributed by atoms with Crippen LogP contribution in [0.25, 0.3) is 0 Å². The Balaban J connectivity index is 2.08. The molecule has 8 heteroatoms. The number of thioether (sulfide) groups is 1. The zero-order chi connectivity index (χ0) is 14.8. The molecule has 2 rings (SSSR count). The van der Waals surface area contributed by atoms with Crippen LogP contribution in [0.15, 0.2) is 0 Å². The number of carbonyl (C=O) groups excluding carboxylic acids is 1. The van der Waals surface area contributed by atoms with E-state index in [1.165, 1.54) is 6.26 Å². The van der Waals surface area contributed by atoms with Crippen molar-refractivity contribution in [3.63, 3.8) is 0 Å². The van der Waals surface area contributed by atoms with Crippen LogP contribution in [0.3, 0.4) is 0 Å². The molecule has 0 aliphatic carbocycles. The minimum atomic E-state index is -3.16. The molecule has 20 heavy (non-hydrogen) atoms. The maximum Gasteiger partial charge on any atom is 0.239 e. The predicted molar refractivity (Wildman–Crippen MR) is 81.6 cm³/mol. The lowest BCUT2D eigenvalue weighted by molar-refractivity contribution is -0.137. The van der Waals surface area contributed by atoms with Crippen LogP contribution in [-0.4, -0.2) is 86.0 Å². The lowest BCUT2D eigenvalue weighted by atomic mass is 10.2. The first-order valence-corrected chi connectivity index (χ1v) is 10.0. The molecule has 1 N–H and O–H groups in total. The van der Waals surface area contributed by atoms with Crippen LogP contribution in [0.2, 0.25) is 0 Å². The molecule has 1 amide bonds. The van der Waals surface area contributed by atoms with Crippen molar-refractivity contribution in [3.8, 4) is 0 Å². The molecule has 2 aliphatic heterocycles. The third-order valence-electron chi connectivity index (χ3n) is 3.90. The fourth-order valence-electron chi connectivity index (χ4n) is 2.70. The van der Waals surface area contributed by atoms with Crippen LogP contribution in [0.5, 0.6) is 0 Å². The molecule has 2 aliphatic rings. The van der Waals surface area contributed by atoms with E-state index in [-0.39, 0.29) is 11.9 Å². The van der Waals surface area contributed by atoms with Gasteiger partial charge in [-0.1, -0.05) is 0 Å². The van der Waals surface area contributed by atoms with Crippen molar-refractivity contribution < 1.29 is 13.2 Å². The topological polar surface area (TPSA) is 69.7 Å². The van der Waals surface area contributed by atoms with Gasteiger partial charge in [0.1, 0.15) is 5.37 Å². The van der Waals surface area contributed by atoms with Crippen LogP contribution in [0.1, 0.15) is 6.92 Å². The van der Waals surface area contributed by atoms with Crippen LogP contribution in [-0.2, 0) is 14.6 Å². The standard InChI is InChI=1S/C12H23N3O3S2/c1-10(12(16)14-5-3-13-4-6-14)15-7-8-19-9-11(15)20(2,17)18/h10-11,13H,3-9H2,1-2H3. The van der Waals surface area contributed by atoms with E-state index in [0.717, 1.165) is 18.8 Å². The molecular weight excluding hydrogens is 298 g/mol. The summed E-state index contributed by atoms with van der Waals surface area (Å²) in [7, 11) is -3.16. The summed E-state index contributed by atoms with van der Waals surface area (Å²) in [5.41, 5.74) is 0. The highest BCUT2D eigenvalue weighted by atomic mass is 32.2. The third-order valence-corrected chi connectivity index (χ3v) is 6.56. The molecule has 2 unspecified atom stereocenters. The Morgan fingerprint density at radius 3 is 2.55 bits per heavy atom. The monoisotopic (exact) mass is 321 g/mol. The maximum absolute atomic E-state index is 12.5. The Kier molecular flexibility index (Phi) is 5.33. The van der Waals surface area contributed by atoms with E-state index < -0.39 is 15.2 Å². The number of nitrogens with one attached hydrogen (secondary N) is 1. The minimum absolute atomic E-state index is 0.0482. The third kappa shape index (κ3) is 3.66. The summed E-state index contributed by atoms with van der Waals surface area (Å²) in [4.78, 5) is 16.2. The maximum atomic E-state index is 12.5. The fraction of sp³-hybridized carbons (Fsp3) is 0.917. The molecular formula is C12H23N3O3S2. The van der Waals surface area contributed by atoms with Gasteiger partial charge in [-0.25, -0.2) is 8.42 Å². The summed E-state index contributed by atoms with van der Waals surface area (Å²) < 4.78 is 23.8. The van der Waals surface area contributed by atoms with Crippen LogP contribution in [0.4, 0.5) is 0 Å². The number of piperazine rings is 1. The van der Waals surface area contributed by atoms with Crippen molar-refractivity contribution >= 4 is 27.5 Å². The number of nitrogens with zero attached hydrogens (tertiary/aromatic N) is 2. The van der Waals surface area contributed by atoms with Crippen LogP contribution < -0.4 is 5.32 Å². The van der Waals surface area contributed by atoms with Crippen molar-refractivity contribution in [3.05, 3.63) is 0 Å². The SMILES string of the molecule is CC(C(=O)N1CCNCC1)N1CCSCC1S(C)(=O)=O. The fourth-order valence-corrected chi connectivity index (χ4v) is 5.65. The largest absolute Gasteiger partial charge is 0.339 e. The molecule has 0 bridgehead atoms. The summed E-state index contributed by atoms with van der Waals surface area (Å²) in [6.07, 6.45) is 1.26. The van der Waals surface area contributed by atoms with Gasteiger partial charge in [-0.3, -0.25) is 9.69 Å². The molecule has 0 spiro atoms. The van der Waals surface area contributed by atoms with Gasteiger partial charge in [0.25, 0.3) is 0 Å². The molecule has 116 valence electrons. The van der Waals surface area contributed by atoms with Gasteiger partial charge < -0.3 is 10.2 Å². The van der Waals surface area contributed by atoms with Crippen molar-refractivity contribution in [1.82, 2.24) is 15.1 Å². The van der Waals surface area contributed by atoms with E-state index in [1.54, 1.807) is 11.8 Å². The summed E-state index contributed by atoms with van der Waals surface area (Å²) in [5, 5.41) is 2.68. The minimum Gasteiger partial charge on any atom is -0.339 e. The molecule has 0 saturated carbocycles. The Bertz CT molecular complexity index is 449. The lowest BCUT2D eigenvalue weighted by Crippen LogP contribution is -2.58. The second kappa shape index (κ2) is 6.64. The second-order valence-electron chi connectivity index (χ2n) is 5.35. The van der Waals surface area contributed by atoms with Gasteiger partial charge in [0, 0.05) is 50.5 Å². The van der Waals surface area contributed by atoms with E-state index >= 15 is 0 Å². The highest BCUT2D eigenvalue weighted by Crippen LogP contribution is 2.23. The molecule has 0 radical (unpaired) electrons. The number of amides is 1. The lowest BCUT2D eigenvalue weighted by Gasteiger charge is -2.40. The van der Waals surface area contributed by atoms with E-state index in [4.69, 9.17) is 0 Å². The van der Waals surface area contributed by atoms with Gasteiger partial charge in [-0.15, -0.1) is 0 Å². The number of hydrogen-bond acceptors (Lipinski definition) is 6. The number of sulfone groups is 1. The highest BCUT2D eigenvalue weighted by Gasteiger charge is 2.37. The normalized spacial score (nSPS) is 27.3. The molecule has 2 saturated heterocycles. The summed E-state index contributed by atoms with van der Waals surface area (Å²) in [6.45, 7) is 5.51. The average molecular weight is 321 g/mol. The van der Waals surface area contributed by atoms with E-state index in [9.17, 15) is 13.2 Å². The molecule has 6 nitrogen and oxygen atoms in total. The number of carbonyl (C=O) groups is 1. The van der Waals surface area contributed by atoms with E-state index in [0.29, 0.717) is 25.4 Å². The summed E-state index contributed by atoms with van der Waals surface area (Å²) in [5.74, 6) is 1.48. The first kappa shape index (κ1) is 16.1. The van der Waals surface area contributed by atoms with Crippen LogP contribution in [0, 0.1) is 0 Å². The molecule has 0 aromatic rings. The molecule has 2 atom stereocenters. The van der Waals surface area contributed by atoms with E-state index in [1.807, 2.05) is 16.7 Å². The average Bonchev–Trinajstić information content (AvgIpc) is 2.46. The highest BCUT2D eigenvalue weighted by molar-refractivity contribution is 8.00. The number of hydrogen-bond donors (Lipinski definition) is 1. The smallest absolute Gasteiger partial charge is 0.239 e. The molecule has 0 aromatic carbocycles. The zero-order valence-electron chi connectivity index (χ0n) is 12.0. The van der Waals surface area contributed by atoms with Crippen molar-refractivity contribution in [2.75, 3.05) is 50.5 Å². The van der Waals surface area contributed by atoms with Crippen molar-refractivity contribution in [2.45, 2.75) is 18.3 Å². The molecule has 2 heterocycles. The van der Waals surface area contributed by atoms with Gasteiger partial charge in [-0.05, 0) is 6.92 Å². The molecule has 2 fully saturated rings. The van der Waals surface area contributed by atoms with E-state index in [2.05, 4.69) is 5.32 Å². The van der Waals surface area contributed by atoms with Crippen molar-refractivity contribution in [2.24, 2.45) is 0 Å². The number of rotatable bonds is 3. The Morgan fingerprint density at radius 1 is 1.30 bits per heavy atom. The van der Waals surface area contributed by atoms with Gasteiger partial charge in [0.2, 0.25) is 5.91 Å². The predicted octanol–water partition coefficient (Wildman–Crippen LogP) is -0.774. The Morgan fingerprint density at radius 2 is 1.95 bits per heavy atom. The first-order chi connectivity index (χ1) is 9.41. The van der Waals surface area contributed by atoms with Crippen LogP contribution >= 0.6 is 11.8 Å². The quantitative estimate of drug-likeness (QED) is 0.736. The van der Waals surface area contributed by atoms with Gasteiger partial charge in [0.05, 0.1) is 6.04 Å². The van der Waals surface area contributed by atoms with Gasteiger partial charge in [0.15, 0.2) is 9.84 Å². The molecule has 0 aromatic heterocycles. The summed E-state index contributed by atoms with van der Waals surface area (Å²) >= 11 is 1.64. The summed E-state index contributed by atoms with van der Waals surface area (Å²) in [6, 6.07) is -0.367. The Hall–Kier alpha value is -0.310. The second-order valence-corrected chi connectivity index (χ2v) is 8.70.